The standard InChI is InChI=1S/C19H24N8O/c1-13-11-14(2)27(24-13)17-12-16(21-15(3)22-17)25-7-9-26(10-8-25)19-20-6-5-18(23-19)28-4/h5-6,11-12H,7-10H2,1-4H3. The average Bonchev–Trinajstić information content (AvgIpc) is 3.06. The van der Waals surface area contributed by atoms with Crippen molar-refractivity contribution in [3.8, 4) is 11.7 Å². The Hall–Kier alpha value is -3.23. The first kappa shape index (κ1) is 18.1. The molecule has 0 N–H and O–H groups in total. The molecular weight excluding hydrogens is 356 g/mol. The zero-order chi connectivity index (χ0) is 19.7. The lowest BCUT2D eigenvalue weighted by atomic mass is 10.3. The molecule has 4 heterocycles. The van der Waals surface area contributed by atoms with Crippen molar-refractivity contribution in [2.24, 2.45) is 0 Å². The smallest absolute Gasteiger partial charge is 0.228 e. The predicted octanol–water partition coefficient (Wildman–Crippen LogP) is 1.71. The molecule has 146 valence electrons. The number of aromatic nitrogens is 6. The molecular formula is C19H24N8O. The van der Waals surface area contributed by atoms with Crippen molar-refractivity contribution >= 4 is 11.8 Å². The predicted molar refractivity (Wildman–Crippen MR) is 106 cm³/mol. The normalized spacial score (nSPS) is 14.4. The Morgan fingerprint density at radius 3 is 2.29 bits per heavy atom. The van der Waals surface area contributed by atoms with Crippen molar-refractivity contribution in [2.45, 2.75) is 20.8 Å². The number of methoxy groups -OCH3 is 1. The van der Waals surface area contributed by atoms with Gasteiger partial charge in [0.15, 0.2) is 5.82 Å². The molecule has 0 aliphatic carbocycles. The largest absolute Gasteiger partial charge is 0.481 e. The number of anilines is 2. The zero-order valence-electron chi connectivity index (χ0n) is 16.6. The quantitative estimate of drug-likeness (QED) is 0.676. The van der Waals surface area contributed by atoms with E-state index in [1.807, 2.05) is 37.6 Å². The van der Waals surface area contributed by atoms with Gasteiger partial charge in [-0.25, -0.2) is 19.6 Å². The highest BCUT2D eigenvalue weighted by atomic mass is 16.5. The number of rotatable bonds is 4. The number of hydrogen-bond acceptors (Lipinski definition) is 8. The topological polar surface area (TPSA) is 85.1 Å². The number of aryl methyl sites for hydroxylation is 3. The minimum absolute atomic E-state index is 0.577. The van der Waals surface area contributed by atoms with Crippen molar-refractivity contribution in [3.05, 3.63) is 41.6 Å². The lowest BCUT2D eigenvalue weighted by molar-refractivity contribution is 0.396. The van der Waals surface area contributed by atoms with E-state index in [9.17, 15) is 0 Å². The second kappa shape index (κ2) is 7.41. The molecule has 0 amide bonds. The second-order valence-electron chi connectivity index (χ2n) is 6.84. The molecule has 0 saturated carbocycles. The van der Waals surface area contributed by atoms with Crippen LogP contribution in [0.1, 0.15) is 17.2 Å². The Kier molecular flexibility index (Phi) is 4.81. The third kappa shape index (κ3) is 3.60. The first-order chi connectivity index (χ1) is 13.5. The SMILES string of the molecule is COc1ccnc(N2CCN(c3cc(-n4nc(C)cc4C)nc(C)n3)CC2)n1. The number of nitrogens with zero attached hydrogens (tertiary/aromatic N) is 8. The van der Waals surface area contributed by atoms with Gasteiger partial charge in [-0.05, 0) is 26.8 Å². The lowest BCUT2D eigenvalue weighted by Gasteiger charge is -2.35. The maximum absolute atomic E-state index is 5.20. The summed E-state index contributed by atoms with van der Waals surface area (Å²) in [6.45, 7) is 9.21. The summed E-state index contributed by atoms with van der Waals surface area (Å²) in [7, 11) is 1.61. The van der Waals surface area contributed by atoms with Crippen LogP contribution in [0.4, 0.5) is 11.8 Å². The first-order valence-electron chi connectivity index (χ1n) is 9.30. The minimum Gasteiger partial charge on any atom is -0.481 e. The van der Waals surface area contributed by atoms with Crippen LogP contribution in [0.15, 0.2) is 24.4 Å². The van der Waals surface area contributed by atoms with Gasteiger partial charge in [0, 0.05) is 50.2 Å². The first-order valence-corrected chi connectivity index (χ1v) is 9.30. The number of piperazine rings is 1. The Labute approximate surface area is 164 Å². The number of hydrogen-bond donors (Lipinski definition) is 0. The van der Waals surface area contributed by atoms with Crippen molar-refractivity contribution in [1.29, 1.82) is 0 Å². The molecule has 0 bridgehead atoms. The van der Waals surface area contributed by atoms with Crippen molar-refractivity contribution in [3.63, 3.8) is 0 Å². The van der Waals surface area contributed by atoms with Gasteiger partial charge in [0.05, 0.1) is 12.8 Å². The van der Waals surface area contributed by atoms with Crippen LogP contribution in [0.2, 0.25) is 0 Å². The molecule has 1 fully saturated rings. The Balaban J connectivity index is 1.52. The highest BCUT2D eigenvalue weighted by Crippen LogP contribution is 2.20. The molecule has 3 aromatic rings. The van der Waals surface area contributed by atoms with Gasteiger partial charge in [0.1, 0.15) is 11.6 Å². The maximum atomic E-state index is 5.20. The third-order valence-corrected chi connectivity index (χ3v) is 4.75. The third-order valence-electron chi connectivity index (χ3n) is 4.75. The van der Waals surface area contributed by atoms with Crippen molar-refractivity contribution < 1.29 is 4.74 Å². The van der Waals surface area contributed by atoms with Crippen LogP contribution < -0.4 is 14.5 Å². The van der Waals surface area contributed by atoms with E-state index in [1.165, 1.54) is 0 Å². The molecule has 3 aromatic heterocycles. The maximum Gasteiger partial charge on any atom is 0.228 e. The summed E-state index contributed by atoms with van der Waals surface area (Å²) in [5, 5.41) is 4.55. The van der Waals surface area contributed by atoms with E-state index in [4.69, 9.17) is 4.74 Å². The van der Waals surface area contributed by atoms with Crippen LogP contribution in [0.3, 0.4) is 0 Å². The molecule has 28 heavy (non-hydrogen) atoms. The van der Waals surface area contributed by atoms with Gasteiger partial charge in [-0.15, -0.1) is 0 Å². The van der Waals surface area contributed by atoms with Gasteiger partial charge < -0.3 is 14.5 Å². The van der Waals surface area contributed by atoms with Crippen LogP contribution in [0, 0.1) is 20.8 Å². The van der Waals surface area contributed by atoms with E-state index >= 15 is 0 Å². The fourth-order valence-corrected chi connectivity index (χ4v) is 3.40. The van der Waals surface area contributed by atoms with E-state index in [1.54, 1.807) is 19.4 Å². The summed E-state index contributed by atoms with van der Waals surface area (Å²) in [4.78, 5) is 22.4. The second-order valence-corrected chi connectivity index (χ2v) is 6.84. The average molecular weight is 380 g/mol. The molecule has 1 aliphatic heterocycles. The van der Waals surface area contributed by atoms with Gasteiger partial charge in [-0.3, -0.25) is 0 Å². The van der Waals surface area contributed by atoms with E-state index in [-0.39, 0.29) is 0 Å². The lowest BCUT2D eigenvalue weighted by Crippen LogP contribution is -2.47. The molecule has 9 heteroatoms. The molecule has 9 nitrogen and oxygen atoms in total. The van der Waals surface area contributed by atoms with E-state index in [0.29, 0.717) is 11.8 Å². The molecule has 1 saturated heterocycles. The van der Waals surface area contributed by atoms with E-state index < -0.39 is 0 Å². The number of ether oxygens (including phenoxy) is 1. The zero-order valence-corrected chi connectivity index (χ0v) is 16.6. The van der Waals surface area contributed by atoms with E-state index in [0.717, 1.165) is 55.0 Å². The molecule has 0 spiro atoms. The summed E-state index contributed by atoms with van der Waals surface area (Å²) >= 11 is 0. The highest BCUT2D eigenvalue weighted by molar-refractivity contribution is 5.47. The van der Waals surface area contributed by atoms with Gasteiger partial charge in [-0.2, -0.15) is 10.1 Å². The molecule has 0 unspecified atom stereocenters. The van der Waals surface area contributed by atoms with Crippen molar-refractivity contribution in [1.82, 2.24) is 29.7 Å². The monoisotopic (exact) mass is 380 g/mol. The van der Waals surface area contributed by atoms with Crippen LogP contribution >= 0.6 is 0 Å². The van der Waals surface area contributed by atoms with Crippen LogP contribution in [0.25, 0.3) is 5.82 Å². The molecule has 0 aromatic carbocycles. The fraction of sp³-hybridized carbons (Fsp3) is 0.421. The summed E-state index contributed by atoms with van der Waals surface area (Å²) < 4.78 is 7.07. The Morgan fingerprint density at radius 2 is 1.61 bits per heavy atom. The summed E-state index contributed by atoms with van der Waals surface area (Å²) in [5.41, 5.74) is 2.03. The summed E-state index contributed by atoms with van der Waals surface area (Å²) in [6, 6.07) is 5.80. The van der Waals surface area contributed by atoms with Crippen LogP contribution in [-0.2, 0) is 0 Å². The highest BCUT2D eigenvalue weighted by Gasteiger charge is 2.21. The van der Waals surface area contributed by atoms with E-state index in [2.05, 4.69) is 34.8 Å². The van der Waals surface area contributed by atoms with Gasteiger partial charge in [0.25, 0.3) is 0 Å². The van der Waals surface area contributed by atoms with Crippen LogP contribution in [-0.4, -0.2) is 63.0 Å². The van der Waals surface area contributed by atoms with Gasteiger partial charge in [0.2, 0.25) is 11.8 Å². The van der Waals surface area contributed by atoms with Crippen LogP contribution in [0.5, 0.6) is 5.88 Å². The molecule has 0 radical (unpaired) electrons. The summed E-state index contributed by atoms with van der Waals surface area (Å²) in [5.74, 6) is 3.72. The minimum atomic E-state index is 0.577. The molecule has 1 aliphatic rings. The van der Waals surface area contributed by atoms with Crippen molar-refractivity contribution in [2.75, 3.05) is 43.1 Å². The fourth-order valence-electron chi connectivity index (χ4n) is 3.40. The molecule has 0 atom stereocenters. The Morgan fingerprint density at radius 1 is 0.893 bits per heavy atom. The summed E-state index contributed by atoms with van der Waals surface area (Å²) in [6.07, 6.45) is 1.72. The Bertz CT molecular complexity index is 978. The molecule has 4 rings (SSSR count). The van der Waals surface area contributed by atoms with Gasteiger partial charge in [-0.1, -0.05) is 0 Å². The van der Waals surface area contributed by atoms with Gasteiger partial charge >= 0.3 is 0 Å².